The Balaban J connectivity index is 2.00. The minimum Gasteiger partial charge on any atom is -0.147 e. The minimum absolute atomic E-state index is 0.284. The van der Waals surface area contributed by atoms with Crippen molar-refractivity contribution < 1.29 is 0 Å². The Morgan fingerprint density at radius 2 is 1.27 bits per heavy atom. The summed E-state index contributed by atoms with van der Waals surface area (Å²) in [6.45, 7) is 0. The van der Waals surface area contributed by atoms with Gasteiger partial charge in [0.1, 0.15) is 0 Å². The molecule has 0 unspecified atom stereocenters. The van der Waals surface area contributed by atoms with Gasteiger partial charge in [-0.15, -0.1) is 11.3 Å². The van der Waals surface area contributed by atoms with E-state index in [0.717, 1.165) is 8.95 Å². The highest BCUT2D eigenvalue weighted by Gasteiger charge is 2.46. The molecule has 0 radical (unpaired) electrons. The van der Waals surface area contributed by atoms with Crippen LogP contribution in [0.4, 0.5) is 0 Å². The van der Waals surface area contributed by atoms with Crippen LogP contribution >= 0.6 is 43.2 Å². The van der Waals surface area contributed by atoms with Gasteiger partial charge in [-0.2, -0.15) is 0 Å². The van der Waals surface area contributed by atoms with Crippen LogP contribution in [-0.2, 0) is 5.41 Å². The Labute approximate surface area is 173 Å². The van der Waals surface area contributed by atoms with Gasteiger partial charge < -0.3 is 0 Å². The van der Waals surface area contributed by atoms with E-state index in [1.54, 1.807) is 0 Å². The fourth-order valence-electron chi connectivity index (χ4n) is 4.17. The summed E-state index contributed by atoms with van der Waals surface area (Å²) in [6.07, 6.45) is 0. The molecule has 1 aromatic heterocycles. The first kappa shape index (κ1) is 16.5. The van der Waals surface area contributed by atoms with E-state index in [9.17, 15) is 0 Å². The molecule has 0 amide bonds. The Kier molecular flexibility index (Phi) is 3.93. The van der Waals surface area contributed by atoms with Crippen LogP contribution in [0.1, 0.15) is 21.6 Å². The van der Waals surface area contributed by atoms with Gasteiger partial charge in [-0.1, -0.05) is 80.4 Å². The number of benzene rings is 3. The number of thiophene rings is 1. The monoisotopic (exact) mass is 480 g/mol. The molecule has 0 aliphatic heterocycles. The smallest absolute Gasteiger partial charge is 0.0807 e. The van der Waals surface area contributed by atoms with E-state index < -0.39 is 0 Å². The average molecular weight is 482 g/mol. The molecule has 126 valence electrons. The van der Waals surface area contributed by atoms with Gasteiger partial charge in [-0.3, -0.25) is 0 Å². The van der Waals surface area contributed by atoms with Gasteiger partial charge in [0.05, 0.1) is 5.41 Å². The lowest BCUT2D eigenvalue weighted by Crippen LogP contribution is -2.27. The molecule has 1 aliphatic carbocycles. The zero-order valence-electron chi connectivity index (χ0n) is 13.7. The van der Waals surface area contributed by atoms with E-state index in [1.807, 2.05) is 11.3 Å². The van der Waals surface area contributed by atoms with Crippen LogP contribution in [0.25, 0.3) is 11.1 Å². The summed E-state index contributed by atoms with van der Waals surface area (Å²) in [5, 5.41) is 2.17. The van der Waals surface area contributed by atoms with Crippen LogP contribution in [0.2, 0.25) is 0 Å². The molecule has 0 atom stereocenters. The van der Waals surface area contributed by atoms with E-state index in [2.05, 4.69) is 116 Å². The molecule has 0 fully saturated rings. The maximum Gasteiger partial charge on any atom is 0.0807 e. The lowest BCUT2D eigenvalue weighted by molar-refractivity contribution is 0.786. The van der Waals surface area contributed by atoms with Crippen molar-refractivity contribution in [3.8, 4) is 11.1 Å². The van der Waals surface area contributed by atoms with Crippen molar-refractivity contribution in [1.82, 2.24) is 0 Å². The lowest BCUT2D eigenvalue weighted by Gasteiger charge is -2.32. The van der Waals surface area contributed by atoms with E-state index in [4.69, 9.17) is 0 Å². The highest BCUT2D eigenvalue weighted by molar-refractivity contribution is 9.10. The quantitative estimate of drug-likeness (QED) is 0.243. The number of rotatable bonds is 2. The Morgan fingerprint density at radius 3 is 1.81 bits per heavy atom. The average Bonchev–Trinajstić information content (AvgIpc) is 3.27. The third kappa shape index (κ3) is 2.24. The molecule has 0 saturated heterocycles. The molecule has 3 aromatic carbocycles. The van der Waals surface area contributed by atoms with Crippen molar-refractivity contribution in [3.63, 3.8) is 0 Å². The van der Waals surface area contributed by atoms with Crippen LogP contribution in [0, 0.1) is 0 Å². The first-order chi connectivity index (χ1) is 12.7. The molecule has 26 heavy (non-hydrogen) atoms. The molecule has 4 aromatic rings. The van der Waals surface area contributed by atoms with E-state index in [1.165, 1.54) is 32.7 Å². The van der Waals surface area contributed by atoms with Crippen molar-refractivity contribution in [2.75, 3.05) is 0 Å². The molecule has 0 N–H and O–H groups in total. The third-order valence-corrected chi connectivity index (χ3v) is 7.13. The second-order valence-corrected chi connectivity index (χ2v) is 9.25. The molecule has 0 nitrogen and oxygen atoms in total. The SMILES string of the molecule is Brc1ccc2c(c1)C(c1ccccc1)(c1cccs1)c1cc(Br)ccc1-2. The summed E-state index contributed by atoms with van der Waals surface area (Å²) in [6, 6.07) is 28.6. The molecule has 1 aliphatic rings. The second-order valence-electron chi connectivity index (χ2n) is 6.47. The van der Waals surface area contributed by atoms with E-state index >= 15 is 0 Å². The summed E-state index contributed by atoms with van der Waals surface area (Å²) in [7, 11) is 0. The summed E-state index contributed by atoms with van der Waals surface area (Å²) in [5.41, 5.74) is 6.33. The van der Waals surface area contributed by atoms with Gasteiger partial charge in [0.2, 0.25) is 0 Å². The van der Waals surface area contributed by atoms with Gasteiger partial charge in [-0.05, 0) is 63.5 Å². The molecule has 0 spiro atoms. The summed E-state index contributed by atoms with van der Waals surface area (Å²) < 4.78 is 2.22. The fraction of sp³-hybridized carbons (Fsp3) is 0.0435. The summed E-state index contributed by atoms with van der Waals surface area (Å²) >= 11 is 9.23. The number of fused-ring (bicyclic) bond motifs is 3. The number of halogens is 2. The van der Waals surface area contributed by atoms with E-state index in [0.29, 0.717) is 0 Å². The van der Waals surface area contributed by atoms with Crippen LogP contribution in [0.15, 0.2) is 93.2 Å². The summed E-state index contributed by atoms with van der Waals surface area (Å²) in [4.78, 5) is 1.35. The second kappa shape index (κ2) is 6.19. The number of hydrogen-bond acceptors (Lipinski definition) is 1. The van der Waals surface area contributed by atoms with Gasteiger partial charge in [0, 0.05) is 13.8 Å². The van der Waals surface area contributed by atoms with Crippen LogP contribution < -0.4 is 0 Å². The van der Waals surface area contributed by atoms with Crippen molar-refractivity contribution in [3.05, 3.63) is 115 Å². The standard InChI is InChI=1S/C23H14Br2S/c24-16-8-10-18-19-11-9-17(25)14-21(19)23(20(18)13-16,22-7-4-12-26-22)15-5-2-1-3-6-15/h1-14H. The molecule has 1 heterocycles. The summed E-state index contributed by atoms with van der Waals surface area (Å²) in [5.74, 6) is 0. The zero-order valence-corrected chi connectivity index (χ0v) is 17.7. The van der Waals surface area contributed by atoms with Gasteiger partial charge in [0.15, 0.2) is 0 Å². The van der Waals surface area contributed by atoms with Gasteiger partial charge in [-0.25, -0.2) is 0 Å². The van der Waals surface area contributed by atoms with Crippen molar-refractivity contribution >= 4 is 43.2 Å². The number of hydrogen-bond donors (Lipinski definition) is 0. The molecule has 3 heteroatoms. The minimum atomic E-state index is -0.284. The fourth-order valence-corrected chi connectivity index (χ4v) is 5.86. The topological polar surface area (TPSA) is 0 Å². The van der Waals surface area contributed by atoms with Crippen LogP contribution in [-0.4, -0.2) is 0 Å². The molecular weight excluding hydrogens is 468 g/mol. The first-order valence-electron chi connectivity index (χ1n) is 8.41. The largest absolute Gasteiger partial charge is 0.147 e. The lowest BCUT2D eigenvalue weighted by atomic mass is 9.71. The van der Waals surface area contributed by atoms with Crippen LogP contribution in [0.5, 0.6) is 0 Å². The molecule has 0 saturated carbocycles. The normalized spacial score (nSPS) is 14.1. The van der Waals surface area contributed by atoms with E-state index in [-0.39, 0.29) is 5.41 Å². The molecule has 5 rings (SSSR count). The molecule has 0 bridgehead atoms. The third-order valence-electron chi connectivity index (χ3n) is 5.16. The highest BCUT2D eigenvalue weighted by Crippen LogP contribution is 2.57. The molecular formula is C23H14Br2S. The van der Waals surface area contributed by atoms with Crippen molar-refractivity contribution in [1.29, 1.82) is 0 Å². The van der Waals surface area contributed by atoms with Crippen LogP contribution in [0.3, 0.4) is 0 Å². The Hall–Kier alpha value is -1.68. The zero-order chi connectivity index (χ0) is 17.7. The first-order valence-corrected chi connectivity index (χ1v) is 10.9. The Morgan fingerprint density at radius 1 is 0.654 bits per heavy atom. The Bertz CT molecular complexity index is 1050. The predicted molar refractivity (Wildman–Crippen MR) is 117 cm³/mol. The maximum absolute atomic E-state index is 3.71. The predicted octanol–water partition coefficient (Wildman–Crippen LogP) is 7.64. The van der Waals surface area contributed by atoms with Crippen molar-refractivity contribution in [2.45, 2.75) is 5.41 Å². The van der Waals surface area contributed by atoms with Crippen molar-refractivity contribution in [2.24, 2.45) is 0 Å². The van der Waals surface area contributed by atoms with Gasteiger partial charge >= 0.3 is 0 Å². The van der Waals surface area contributed by atoms with Gasteiger partial charge in [0.25, 0.3) is 0 Å². The highest BCUT2D eigenvalue weighted by atomic mass is 79.9. The maximum atomic E-state index is 3.71.